The Morgan fingerprint density at radius 3 is 2.33 bits per heavy atom. The summed E-state index contributed by atoms with van der Waals surface area (Å²) >= 11 is 5.82. The van der Waals surface area contributed by atoms with Crippen molar-refractivity contribution in [2.24, 2.45) is 11.5 Å². The van der Waals surface area contributed by atoms with Gasteiger partial charge in [0.1, 0.15) is 0 Å². The van der Waals surface area contributed by atoms with Crippen molar-refractivity contribution in [3.05, 3.63) is 34.9 Å². The zero-order valence-corrected chi connectivity index (χ0v) is 11.7. The molecule has 0 aromatic heterocycles. The maximum absolute atomic E-state index is 12.0. The molecule has 0 aliphatic heterocycles. The Kier molecular flexibility index (Phi) is 3.44. The largest absolute Gasteiger partial charge is 0.329 e. The molecule has 18 heavy (non-hydrogen) atoms. The van der Waals surface area contributed by atoms with Crippen LogP contribution in [-0.4, -0.2) is 31.5 Å². The van der Waals surface area contributed by atoms with Gasteiger partial charge in [-0.3, -0.25) is 0 Å². The second-order valence-electron chi connectivity index (χ2n) is 4.72. The zero-order valence-electron chi connectivity index (χ0n) is 10.1. The summed E-state index contributed by atoms with van der Waals surface area (Å²) in [7, 11) is -3.19. The van der Waals surface area contributed by atoms with E-state index < -0.39 is 20.6 Å². The number of halogens is 1. The van der Waals surface area contributed by atoms with Crippen LogP contribution in [0.2, 0.25) is 5.02 Å². The molecule has 4 N–H and O–H groups in total. The third-order valence-corrected chi connectivity index (χ3v) is 6.22. The van der Waals surface area contributed by atoms with E-state index in [1.807, 2.05) is 12.1 Å². The molecule has 0 bridgehead atoms. The van der Waals surface area contributed by atoms with E-state index in [0.29, 0.717) is 5.02 Å². The van der Waals surface area contributed by atoms with E-state index in [0.717, 1.165) is 5.56 Å². The van der Waals surface area contributed by atoms with Crippen LogP contribution in [0.5, 0.6) is 0 Å². The number of sulfone groups is 1. The third kappa shape index (κ3) is 2.05. The van der Waals surface area contributed by atoms with E-state index in [1.54, 1.807) is 19.1 Å². The first-order chi connectivity index (χ1) is 8.36. The molecule has 1 aliphatic rings. The summed E-state index contributed by atoms with van der Waals surface area (Å²) in [6.45, 7) is 1.79. The van der Waals surface area contributed by atoms with Gasteiger partial charge in [0.15, 0.2) is 9.84 Å². The molecule has 2 rings (SSSR count). The molecule has 1 aliphatic carbocycles. The van der Waals surface area contributed by atoms with Gasteiger partial charge in [0.25, 0.3) is 0 Å². The molecule has 4 nitrogen and oxygen atoms in total. The van der Waals surface area contributed by atoms with Gasteiger partial charge in [0, 0.05) is 23.2 Å². The van der Waals surface area contributed by atoms with Gasteiger partial charge in [-0.15, -0.1) is 0 Å². The molecule has 100 valence electrons. The highest BCUT2D eigenvalue weighted by atomic mass is 35.5. The Labute approximate surface area is 112 Å². The fourth-order valence-electron chi connectivity index (χ4n) is 2.54. The van der Waals surface area contributed by atoms with Crippen LogP contribution in [0.1, 0.15) is 18.4 Å². The van der Waals surface area contributed by atoms with Crippen molar-refractivity contribution in [3.63, 3.8) is 0 Å². The molecular formula is C12H17ClN2O2S. The van der Waals surface area contributed by atoms with Crippen molar-refractivity contribution in [1.29, 1.82) is 0 Å². The van der Waals surface area contributed by atoms with Gasteiger partial charge in [-0.2, -0.15) is 0 Å². The molecule has 0 radical (unpaired) electrons. The summed E-state index contributed by atoms with van der Waals surface area (Å²) in [5, 5.41) is 0.0332. The predicted molar refractivity (Wildman–Crippen MR) is 73.4 cm³/mol. The van der Waals surface area contributed by atoms with Crippen LogP contribution in [0, 0.1) is 0 Å². The minimum absolute atomic E-state index is 0.0840. The number of hydrogen-bond acceptors (Lipinski definition) is 4. The van der Waals surface area contributed by atoms with Crippen molar-refractivity contribution in [2.75, 3.05) is 12.3 Å². The predicted octanol–water partition coefficient (Wildman–Crippen LogP) is 0.897. The lowest BCUT2D eigenvalue weighted by molar-refractivity contribution is 0.587. The van der Waals surface area contributed by atoms with Crippen molar-refractivity contribution in [1.82, 2.24) is 0 Å². The minimum atomic E-state index is -3.19. The smallest absolute Gasteiger partial charge is 0.155 e. The van der Waals surface area contributed by atoms with E-state index >= 15 is 0 Å². The molecule has 1 aromatic carbocycles. The van der Waals surface area contributed by atoms with Crippen molar-refractivity contribution >= 4 is 21.4 Å². The normalized spacial score (nSPS) is 31.3. The van der Waals surface area contributed by atoms with Crippen LogP contribution in [0.3, 0.4) is 0 Å². The second-order valence-corrected chi connectivity index (χ2v) is 7.57. The molecule has 1 saturated carbocycles. The van der Waals surface area contributed by atoms with Crippen LogP contribution in [0.4, 0.5) is 0 Å². The van der Waals surface area contributed by atoms with Gasteiger partial charge >= 0.3 is 0 Å². The van der Waals surface area contributed by atoms with Crippen molar-refractivity contribution in [2.45, 2.75) is 23.6 Å². The van der Waals surface area contributed by atoms with E-state index in [9.17, 15) is 8.42 Å². The van der Waals surface area contributed by atoms with E-state index in [4.69, 9.17) is 23.1 Å². The van der Waals surface area contributed by atoms with Gasteiger partial charge in [0.05, 0.1) is 10.8 Å². The molecule has 1 fully saturated rings. The van der Waals surface area contributed by atoms with E-state index in [1.165, 1.54) is 0 Å². The Hall–Kier alpha value is -0.620. The Bertz CT molecular complexity index is 544. The summed E-state index contributed by atoms with van der Waals surface area (Å²) < 4.78 is 24.1. The van der Waals surface area contributed by atoms with E-state index in [2.05, 4.69) is 0 Å². The third-order valence-electron chi connectivity index (χ3n) is 3.67. The van der Waals surface area contributed by atoms with Crippen LogP contribution >= 0.6 is 11.6 Å². The fraction of sp³-hybridized carbons (Fsp3) is 0.500. The number of rotatable bonds is 4. The highest BCUT2D eigenvalue weighted by Gasteiger charge is 2.67. The van der Waals surface area contributed by atoms with Gasteiger partial charge in [-0.1, -0.05) is 30.7 Å². The summed E-state index contributed by atoms with van der Waals surface area (Å²) in [5.74, 6) is -0.148. The summed E-state index contributed by atoms with van der Waals surface area (Å²) in [6.07, 6.45) is 0. The van der Waals surface area contributed by atoms with Crippen molar-refractivity contribution < 1.29 is 8.42 Å². The Morgan fingerprint density at radius 2 is 1.89 bits per heavy atom. The van der Waals surface area contributed by atoms with Gasteiger partial charge in [-0.05, 0) is 17.7 Å². The second kappa shape index (κ2) is 4.49. The van der Waals surface area contributed by atoms with Crippen molar-refractivity contribution in [3.8, 4) is 0 Å². The fourth-order valence-corrected chi connectivity index (χ4v) is 4.69. The van der Waals surface area contributed by atoms with Gasteiger partial charge in [-0.25, -0.2) is 8.42 Å². The average Bonchev–Trinajstić information content (AvgIpc) is 2.98. The van der Waals surface area contributed by atoms with Crippen LogP contribution in [0.25, 0.3) is 0 Å². The SMILES string of the molecule is CCS(=O)(=O)[C@H]1[C@H](c2ccc(Cl)cc2)[C@@]1(N)CN. The monoisotopic (exact) mass is 288 g/mol. The lowest BCUT2D eigenvalue weighted by Crippen LogP contribution is -2.39. The molecule has 0 spiro atoms. The Balaban J connectivity index is 2.37. The molecule has 0 saturated heterocycles. The van der Waals surface area contributed by atoms with Gasteiger partial charge in [0.2, 0.25) is 0 Å². The molecule has 6 heteroatoms. The Morgan fingerprint density at radius 1 is 1.33 bits per heavy atom. The molecule has 1 aromatic rings. The molecule has 0 amide bonds. The maximum Gasteiger partial charge on any atom is 0.155 e. The van der Waals surface area contributed by atoms with Gasteiger partial charge < -0.3 is 11.5 Å². The molecule has 0 unspecified atom stereocenters. The zero-order chi connectivity index (χ0) is 13.6. The average molecular weight is 289 g/mol. The number of nitrogens with two attached hydrogens (primary N) is 2. The summed E-state index contributed by atoms with van der Waals surface area (Å²) in [6, 6.07) is 7.11. The summed E-state index contributed by atoms with van der Waals surface area (Å²) in [5.41, 5.74) is 11.8. The number of hydrogen-bond donors (Lipinski definition) is 2. The first kappa shape index (κ1) is 13.8. The lowest BCUT2D eigenvalue weighted by atomic mass is 10.1. The summed E-state index contributed by atoms with van der Waals surface area (Å²) in [4.78, 5) is 0. The molecule has 3 atom stereocenters. The lowest BCUT2D eigenvalue weighted by Gasteiger charge is -2.07. The van der Waals surface area contributed by atoms with E-state index in [-0.39, 0.29) is 18.2 Å². The van der Waals surface area contributed by atoms with Crippen LogP contribution in [0.15, 0.2) is 24.3 Å². The van der Waals surface area contributed by atoms with Crippen LogP contribution in [-0.2, 0) is 9.84 Å². The maximum atomic E-state index is 12.0. The quantitative estimate of drug-likeness (QED) is 0.862. The topological polar surface area (TPSA) is 86.2 Å². The highest BCUT2D eigenvalue weighted by Crippen LogP contribution is 2.53. The molecular weight excluding hydrogens is 272 g/mol. The standard InChI is InChI=1S/C12H17ClN2O2S/c1-2-18(16,17)11-10(12(11,15)7-14)8-3-5-9(13)6-4-8/h3-6,10-11H,2,7,14-15H2,1H3/t10-,11-,12-/m0/s1. The first-order valence-electron chi connectivity index (χ1n) is 5.83. The van der Waals surface area contributed by atoms with Crippen LogP contribution < -0.4 is 11.5 Å². The first-order valence-corrected chi connectivity index (χ1v) is 7.92. The number of benzene rings is 1. The molecule has 0 heterocycles. The highest BCUT2D eigenvalue weighted by molar-refractivity contribution is 7.92. The minimum Gasteiger partial charge on any atom is -0.329 e.